The molecule has 4 heterocycles. The van der Waals surface area contributed by atoms with Crippen LogP contribution in [0.2, 0.25) is 0 Å². The van der Waals surface area contributed by atoms with Gasteiger partial charge in [0.2, 0.25) is 5.79 Å². The Balaban J connectivity index is 1.27. The molecule has 2 nitrogen and oxygen atoms in total. The van der Waals surface area contributed by atoms with Crippen molar-refractivity contribution in [1.82, 2.24) is 0 Å². The third-order valence-corrected chi connectivity index (χ3v) is 12.1. The molecule has 4 aliphatic heterocycles. The molecular formula is C42H35BF2N2. The van der Waals surface area contributed by atoms with Gasteiger partial charge in [-0.1, -0.05) is 104 Å². The van der Waals surface area contributed by atoms with Gasteiger partial charge in [0.05, 0.1) is 1.37 Å². The van der Waals surface area contributed by atoms with Crippen LogP contribution in [0.25, 0.3) is 22.3 Å². The molecule has 0 amide bonds. The standard InChI is InChI=1S/C42H35BF2N2/c44-41-24-9-10-25-42(41,45)47-35-19-11-18-34-38(35)43(32-23-21-29(37(41)40(32)47)27-14-5-2-6-15-27)31-22-20-28(26-12-3-1-4-13-26)36-30-16-7-8-17-33(30)46(34)39(31)36/h1-6,11-15,18-23,30,33H,7-10,16-17,24-25H2/i30D,33D. The van der Waals surface area contributed by atoms with Gasteiger partial charge in [-0.25, -0.2) is 8.78 Å². The van der Waals surface area contributed by atoms with E-state index in [2.05, 4.69) is 41.3 Å². The van der Waals surface area contributed by atoms with Crippen LogP contribution in [-0.2, 0) is 5.67 Å². The van der Waals surface area contributed by atoms with E-state index in [1.54, 1.807) is 4.90 Å². The van der Waals surface area contributed by atoms with Crippen molar-refractivity contribution in [3.63, 3.8) is 0 Å². The number of hydrogen-bond donors (Lipinski definition) is 0. The average molecular weight is 619 g/mol. The van der Waals surface area contributed by atoms with Crippen molar-refractivity contribution in [3.8, 4) is 22.3 Å². The molecule has 47 heavy (non-hydrogen) atoms. The van der Waals surface area contributed by atoms with Crippen LogP contribution in [0, 0.1) is 0 Å². The highest BCUT2D eigenvalue weighted by Gasteiger charge is 2.69. The fraction of sp³-hybridized carbons (Fsp3) is 0.286. The van der Waals surface area contributed by atoms with Gasteiger partial charge >= 0.3 is 0 Å². The maximum Gasteiger partial charge on any atom is 0.252 e. The first-order valence-corrected chi connectivity index (χ1v) is 17.4. The molecule has 0 saturated heterocycles. The van der Waals surface area contributed by atoms with Crippen molar-refractivity contribution < 1.29 is 11.5 Å². The third-order valence-electron chi connectivity index (χ3n) is 12.1. The Morgan fingerprint density at radius 3 is 2.11 bits per heavy atom. The lowest BCUT2D eigenvalue weighted by Crippen LogP contribution is -2.64. The minimum atomic E-state index is -2.23. The van der Waals surface area contributed by atoms with Crippen LogP contribution in [0.3, 0.4) is 0 Å². The number of alkyl halides is 2. The molecule has 230 valence electrons. The molecule has 5 aromatic rings. The van der Waals surface area contributed by atoms with Gasteiger partial charge < -0.3 is 9.80 Å². The molecule has 11 rings (SSSR count). The van der Waals surface area contributed by atoms with Crippen LogP contribution < -0.4 is 26.2 Å². The van der Waals surface area contributed by atoms with E-state index in [0.717, 1.165) is 68.4 Å². The number of benzene rings is 5. The van der Waals surface area contributed by atoms with Gasteiger partial charge in [-0.15, -0.1) is 0 Å². The molecule has 0 aromatic heterocycles. The summed E-state index contributed by atoms with van der Waals surface area (Å²) in [4.78, 5) is 3.89. The van der Waals surface area contributed by atoms with E-state index in [1.807, 2.05) is 66.7 Å². The van der Waals surface area contributed by atoms with Gasteiger partial charge in [0, 0.05) is 48.0 Å². The van der Waals surface area contributed by atoms with Gasteiger partial charge in [0.25, 0.3) is 6.71 Å². The normalized spacial score (nSPS) is 30.9. The summed E-state index contributed by atoms with van der Waals surface area (Å²) in [7, 11) is 0. The minimum absolute atomic E-state index is 0.114. The van der Waals surface area contributed by atoms with Crippen molar-refractivity contribution in [2.45, 2.75) is 74.7 Å². The highest BCUT2D eigenvalue weighted by Crippen LogP contribution is 2.65. The Kier molecular flexibility index (Phi) is 4.82. The van der Waals surface area contributed by atoms with E-state index >= 15 is 8.78 Å². The molecule has 2 aliphatic carbocycles. The van der Waals surface area contributed by atoms with Crippen molar-refractivity contribution >= 4 is 45.9 Å². The topological polar surface area (TPSA) is 6.48 Å². The second-order valence-corrected chi connectivity index (χ2v) is 14.3. The zero-order chi connectivity index (χ0) is 32.9. The van der Waals surface area contributed by atoms with E-state index in [4.69, 9.17) is 0 Å². The van der Waals surface area contributed by atoms with Crippen LogP contribution in [0.1, 0.15) is 71.1 Å². The molecule has 4 unspecified atom stereocenters. The lowest BCUT2D eigenvalue weighted by Gasteiger charge is -2.48. The fourth-order valence-corrected chi connectivity index (χ4v) is 10.3. The monoisotopic (exact) mass is 618 g/mol. The number of hydrogen-bond acceptors (Lipinski definition) is 2. The lowest BCUT2D eigenvalue weighted by atomic mass is 9.33. The summed E-state index contributed by atoms with van der Waals surface area (Å²) < 4.78 is 56.8. The summed E-state index contributed by atoms with van der Waals surface area (Å²) in [5.41, 5.74) is 9.04. The number of halogens is 2. The largest absolute Gasteiger partial charge is 0.338 e. The van der Waals surface area contributed by atoms with Crippen LogP contribution >= 0.6 is 0 Å². The Morgan fingerprint density at radius 2 is 1.32 bits per heavy atom. The Labute approximate surface area is 277 Å². The first-order chi connectivity index (χ1) is 23.8. The van der Waals surface area contributed by atoms with Crippen LogP contribution in [0.4, 0.5) is 31.5 Å². The minimum Gasteiger partial charge on any atom is -0.338 e. The van der Waals surface area contributed by atoms with Crippen LogP contribution in [0.15, 0.2) is 103 Å². The van der Waals surface area contributed by atoms with E-state index in [-0.39, 0.29) is 19.6 Å². The average Bonchev–Trinajstić information content (AvgIpc) is 3.49. The first kappa shape index (κ1) is 24.8. The maximum absolute atomic E-state index is 18.2. The third kappa shape index (κ3) is 3.12. The van der Waals surface area contributed by atoms with Crippen LogP contribution in [0.5, 0.6) is 0 Å². The highest BCUT2D eigenvalue weighted by molar-refractivity contribution is 7.00. The Morgan fingerprint density at radius 1 is 0.660 bits per heavy atom. The zero-order valence-corrected chi connectivity index (χ0v) is 26.2. The summed E-state index contributed by atoms with van der Waals surface area (Å²) in [5, 5.41) is 0. The molecule has 0 N–H and O–H groups in total. The first-order valence-electron chi connectivity index (χ1n) is 18.4. The summed E-state index contributed by atoms with van der Waals surface area (Å²) in [6.45, 7) is -0.282. The highest BCUT2D eigenvalue weighted by atomic mass is 19.2. The van der Waals surface area contributed by atoms with Crippen molar-refractivity contribution in [2.24, 2.45) is 0 Å². The quantitative estimate of drug-likeness (QED) is 0.144. The second-order valence-electron chi connectivity index (χ2n) is 14.3. The number of rotatable bonds is 2. The number of anilines is 4. The van der Waals surface area contributed by atoms with Gasteiger partial charge in [0.15, 0.2) is 5.67 Å². The van der Waals surface area contributed by atoms with Gasteiger partial charge in [-0.3, -0.25) is 0 Å². The maximum atomic E-state index is 18.2. The molecule has 0 spiro atoms. The molecule has 2 fully saturated rings. The predicted molar refractivity (Wildman–Crippen MR) is 189 cm³/mol. The van der Waals surface area contributed by atoms with Crippen molar-refractivity contribution in [3.05, 3.63) is 114 Å². The fourth-order valence-electron chi connectivity index (χ4n) is 10.3. The zero-order valence-electron chi connectivity index (χ0n) is 28.2. The van der Waals surface area contributed by atoms with E-state index in [1.165, 1.54) is 0 Å². The van der Waals surface area contributed by atoms with Gasteiger partial charge in [0.1, 0.15) is 0 Å². The van der Waals surface area contributed by atoms with E-state index in [0.29, 0.717) is 42.6 Å². The molecule has 5 aromatic carbocycles. The predicted octanol–water partition coefficient (Wildman–Crippen LogP) is 8.90. The van der Waals surface area contributed by atoms with Gasteiger partial charge in [-0.05, 0) is 88.4 Å². The second kappa shape index (κ2) is 9.15. The van der Waals surface area contributed by atoms with Crippen molar-refractivity contribution in [1.29, 1.82) is 0 Å². The number of fused-ring (bicyclic) bond motifs is 10. The summed E-state index contributed by atoms with van der Waals surface area (Å²) >= 11 is 0. The SMILES string of the molecule is [2H]C12CCCCC1([2H])N1c3cccc4c3B(c3ccc(-c5ccccc5)c2c31)c1ccc(-c2ccccc2)c2c1N4C1(F)CCCCC21F. The Hall–Kier alpha value is -4.38. The molecular weight excluding hydrogens is 581 g/mol. The smallest absolute Gasteiger partial charge is 0.252 e. The summed E-state index contributed by atoms with van der Waals surface area (Å²) in [5.74, 6) is -3.39. The van der Waals surface area contributed by atoms with Crippen LogP contribution in [-0.4, -0.2) is 18.5 Å². The molecule has 0 radical (unpaired) electrons. The number of nitrogens with zero attached hydrogens (tertiary/aromatic N) is 2. The van der Waals surface area contributed by atoms with E-state index < -0.39 is 23.4 Å². The molecule has 4 atom stereocenters. The lowest BCUT2D eigenvalue weighted by molar-refractivity contribution is -0.0612. The summed E-state index contributed by atoms with van der Waals surface area (Å²) in [6, 6.07) is 33.4. The van der Waals surface area contributed by atoms with E-state index in [9.17, 15) is 2.74 Å². The molecule has 5 heteroatoms. The van der Waals surface area contributed by atoms with Crippen molar-refractivity contribution in [2.75, 3.05) is 9.80 Å². The molecule has 2 saturated carbocycles. The van der Waals surface area contributed by atoms with Gasteiger partial charge in [-0.2, -0.15) is 0 Å². The summed E-state index contributed by atoms with van der Waals surface area (Å²) in [6.07, 6.45) is 4.47. The molecule has 6 aliphatic rings. The molecule has 0 bridgehead atoms. The Bertz CT molecular complexity index is 2100.